The first-order valence-corrected chi connectivity index (χ1v) is 10.1. The number of nitrogens with one attached hydrogen (secondary N) is 1. The molecule has 0 spiro atoms. The van der Waals surface area contributed by atoms with Gasteiger partial charge in [-0.25, -0.2) is 4.79 Å². The molecule has 30 heavy (non-hydrogen) atoms. The van der Waals surface area contributed by atoms with Gasteiger partial charge < -0.3 is 15.2 Å². The molecule has 0 bridgehead atoms. The summed E-state index contributed by atoms with van der Waals surface area (Å²) in [4.78, 5) is 13.1. The van der Waals surface area contributed by atoms with Crippen LogP contribution in [-0.2, 0) is 15.1 Å². The molecule has 0 aliphatic carbocycles. The molecule has 0 aromatic heterocycles. The molecule has 0 radical (unpaired) electrons. The van der Waals surface area contributed by atoms with Gasteiger partial charge in [-0.15, -0.1) is 0 Å². The molecule has 3 aromatic carbocycles. The number of carbonyl (C=O) groups is 1. The standard InChI is InChI=1S/C26H25NO3/c1-18(2)21-15-9-10-16-22(21)27-24-23(28)17-26(30-25(24)29,19-11-5-3-6-12-19)20-13-7-4-8-14-20/h3-16,18,27-28H,17H2,1-2H3. The molecule has 0 atom stereocenters. The molecule has 4 rings (SSSR count). The molecule has 0 saturated heterocycles. The van der Waals surface area contributed by atoms with E-state index in [1.807, 2.05) is 84.9 Å². The van der Waals surface area contributed by atoms with Crippen molar-refractivity contribution in [3.63, 3.8) is 0 Å². The molecule has 0 fully saturated rings. The van der Waals surface area contributed by atoms with Crippen molar-refractivity contribution in [2.75, 3.05) is 5.32 Å². The van der Waals surface area contributed by atoms with Gasteiger partial charge in [0.1, 0.15) is 5.76 Å². The van der Waals surface area contributed by atoms with E-state index in [2.05, 4.69) is 19.2 Å². The number of benzene rings is 3. The smallest absolute Gasteiger partial charge is 0.359 e. The van der Waals surface area contributed by atoms with Crippen LogP contribution in [0.15, 0.2) is 96.4 Å². The van der Waals surface area contributed by atoms with Crippen molar-refractivity contribution in [2.24, 2.45) is 0 Å². The van der Waals surface area contributed by atoms with Crippen molar-refractivity contribution in [3.05, 3.63) is 113 Å². The van der Waals surface area contributed by atoms with Crippen molar-refractivity contribution in [1.29, 1.82) is 0 Å². The van der Waals surface area contributed by atoms with Crippen molar-refractivity contribution in [3.8, 4) is 0 Å². The fourth-order valence-corrected chi connectivity index (χ4v) is 3.96. The van der Waals surface area contributed by atoms with E-state index in [1.165, 1.54) is 0 Å². The van der Waals surface area contributed by atoms with Crippen LogP contribution in [-0.4, -0.2) is 11.1 Å². The highest BCUT2D eigenvalue weighted by Crippen LogP contribution is 2.43. The first kappa shape index (κ1) is 19.8. The lowest BCUT2D eigenvalue weighted by Gasteiger charge is -2.38. The Hall–Kier alpha value is -3.53. The second-order valence-electron chi connectivity index (χ2n) is 7.81. The molecule has 152 valence electrons. The normalized spacial score (nSPS) is 15.8. The Bertz CT molecular complexity index is 1030. The molecule has 0 amide bonds. The maximum Gasteiger partial charge on any atom is 0.359 e. The van der Waals surface area contributed by atoms with Crippen molar-refractivity contribution in [1.82, 2.24) is 0 Å². The molecule has 2 N–H and O–H groups in total. The zero-order chi connectivity index (χ0) is 21.1. The first-order chi connectivity index (χ1) is 14.5. The van der Waals surface area contributed by atoms with Gasteiger partial charge in [-0.3, -0.25) is 0 Å². The quantitative estimate of drug-likeness (QED) is 0.526. The van der Waals surface area contributed by atoms with Gasteiger partial charge in [0.25, 0.3) is 0 Å². The topological polar surface area (TPSA) is 58.6 Å². The third-order valence-electron chi connectivity index (χ3n) is 5.50. The highest BCUT2D eigenvalue weighted by molar-refractivity contribution is 5.94. The molecule has 0 saturated carbocycles. The van der Waals surface area contributed by atoms with Gasteiger partial charge in [0, 0.05) is 16.8 Å². The molecular weight excluding hydrogens is 374 g/mol. The van der Waals surface area contributed by atoms with Gasteiger partial charge in [-0.2, -0.15) is 0 Å². The van der Waals surface area contributed by atoms with Crippen LogP contribution in [0.1, 0.15) is 42.9 Å². The SMILES string of the molecule is CC(C)c1ccccc1NC1=C(O)CC(c2ccccc2)(c2ccccc2)OC1=O. The molecule has 0 unspecified atom stereocenters. The summed E-state index contributed by atoms with van der Waals surface area (Å²) in [6.45, 7) is 4.17. The lowest BCUT2D eigenvalue weighted by atomic mass is 9.81. The van der Waals surface area contributed by atoms with Crippen molar-refractivity contribution >= 4 is 11.7 Å². The number of hydrogen-bond acceptors (Lipinski definition) is 4. The molecule has 1 aliphatic rings. The average Bonchev–Trinajstić information content (AvgIpc) is 2.77. The van der Waals surface area contributed by atoms with E-state index in [4.69, 9.17) is 4.74 Å². The molecule has 1 heterocycles. The Kier molecular flexibility index (Phi) is 5.32. The van der Waals surface area contributed by atoms with E-state index in [1.54, 1.807) is 0 Å². The highest BCUT2D eigenvalue weighted by atomic mass is 16.6. The van der Waals surface area contributed by atoms with E-state index < -0.39 is 11.6 Å². The number of ether oxygens (including phenoxy) is 1. The lowest BCUT2D eigenvalue weighted by Crippen LogP contribution is -2.40. The van der Waals surface area contributed by atoms with Crippen LogP contribution in [0.5, 0.6) is 0 Å². The Morgan fingerprint density at radius 3 is 1.93 bits per heavy atom. The number of cyclic esters (lactones) is 1. The fraction of sp³-hybridized carbons (Fsp3) is 0.192. The van der Waals surface area contributed by atoms with Crippen LogP contribution >= 0.6 is 0 Å². The highest BCUT2D eigenvalue weighted by Gasteiger charge is 2.45. The van der Waals surface area contributed by atoms with Crippen molar-refractivity contribution in [2.45, 2.75) is 31.8 Å². The predicted molar refractivity (Wildman–Crippen MR) is 118 cm³/mol. The average molecular weight is 399 g/mol. The summed E-state index contributed by atoms with van der Waals surface area (Å²) in [7, 11) is 0. The zero-order valence-corrected chi connectivity index (χ0v) is 17.1. The van der Waals surface area contributed by atoms with Crippen LogP contribution in [0.4, 0.5) is 5.69 Å². The molecule has 4 heteroatoms. The number of rotatable bonds is 5. The number of aliphatic hydroxyl groups excluding tert-OH is 1. The fourth-order valence-electron chi connectivity index (χ4n) is 3.96. The Labute approximate surface area is 176 Å². The van der Waals surface area contributed by atoms with E-state index in [0.717, 1.165) is 22.4 Å². The minimum Gasteiger partial charge on any atom is -0.510 e. The lowest BCUT2D eigenvalue weighted by molar-refractivity contribution is -0.155. The predicted octanol–water partition coefficient (Wildman–Crippen LogP) is 5.88. The molecule has 4 nitrogen and oxygen atoms in total. The van der Waals surface area contributed by atoms with Crippen LogP contribution in [0.25, 0.3) is 0 Å². The van der Waals surface area contributed by atoms with Gasteiger partial charge in [0.05, 0.1) is 6.42 Å². The van der Waals surface area contributed by atoms with E-state index in [0.29, 0.717) is 0 Å². The third kappa shape index (κ3) is 3.57. The maximum absolute atomic E-state index is 13.1. The van der Waals surface area contributed by atoms with Gasteiger partial charge in [0.2, 0.25) is 0 Å². The van der Waals surface area contributed by atoms with Gasteiger partial charge in [-0.05, 0) is 17.5 Å². The Balaban J connectivity index is 1.77. The van der Waals surface area contributed by atoms with Crippen LogP contribution in [0.3, 0.4) is 0 Å². The van der Waals surface area contributed by atoms with Crippen LogP contribution < -0.4 is 5.32 Å². The van der Waals surface area contributed by atoms with E-state index in [9.17, 15) is 9.90 Å². The van der Waals surface area contributed by atoms with E-state index in [-0.39, 0.29) is 23.8 Å². The second-order valence-corrected chi connectivity index (χ2v) is 7.81. The summed E-state index contributed by atoms with van der Waals surface area (Å²) < 4.78 is 6.08. The summed E-state index contributed by atoms with van der Waals surface area (Å²) in [5.74, 6) is -0.327. The summed E-state index contributed by atoms with van der Waals surface area (Å²) in [5.41, 5.74) is 2.50. The minimum absolute atomic E-state index is 0.0162. The van der Waals surface area contributed by atoms with Crippen LogP contribution in [0, 0.1) is 0 Å². The van der Waals surface area contributed by atoms with Gasteiger partial charge >= 0.3 is 5.97 Å². The third-order valence-corrected chi connectivity index (χ3v) is 5.50. The Morgan fingerprint density at radius 1 is 0.867 bits per heavy atom. The number of anilines is 1. The summed E-state index contributed by atoms with van der Waals surface area (Å²) in [6, 6.07) is 26.9. The van der Waals surface area contributed by atoms with Crippen molar-refractivity contribution < 1.29 is 14.6 Å². The van der Waals surface area contributed by atoms with Crippen LogP contribution in [0.2, 0.25) is 0 Å². The minimum atomic E-state index is -1.08. The summed E-state index contributed by atoms with van der Waals surface area (Å²) in [6.07, 6.45) is 0.152. The number of carbonyl (C=O) groups excluding carboxylic acids is 1. The molecular formula is C26H25NO3. The largest absolute Gasteiger partial charge is 0.510 e. The van der Waals surface area contributed by atoms with E-state index >= 15 is 0 Å². The zero-order valence-electron chi connectivity index (χ0n) is 17.1. The molecule has 1 aliphatic heterocycles. The van der Waals surface area contributed by atoms with Gasteiger partial charge in [0.15, 0.2) is 11.3 Å². The second kappa shape index (κ2) is 8.07. The summed E-state index contributed by atoms with van der Waals surface area (Å²) in [5, 5.41) is 14.1. The van der Waals surface area contributed by atoms with Gasteiger partial charge in [-0.1, -0.05) is 92.7 Å². The molecule has 3 aromatic rings. The Morgan fingerprint density at radius 2 is 1.40 bits per heavy atom. The maximum atomic E-state index is 13.1. The first-order valence-electron chi connectivity index (χ1n) is 10.1. The monoisotopic (exact) mass is 399 g/mol. The number of hydrogen-bond donors (Lipinski definition) is 2. The number of para-hydroxylation sites is 1. The summed E-state index contributed by atoms with van der Waals surface area (Å²) >= 11 is 0. The number of aliphatic hydroxyl groups is 1. The number of esters is 1.